The first-order valence-corrected chi connectivity index (χ1v) is 8.44. The third-order valence-electron chi connectivity index (χ3n) is 2.09. The Hall–Kier alpha value is -0.700. The molecule has 0 bridgehead atoms. The van der Waals surface area contributed by atoms with Crippen LogP contribution in [-0.2, 0) is 20.8 Å². The molecule has 0 saturated carbocycles. The summed E-state index contributed by atoms with van der Waals surface area (Å²) in [7, 11) is -4.78. The maximum Gasteiger partial charge on any atom is 0.266 e. The van der Waals surface area contributed by atoms with Crippen molar-refractivity contribution in [2.24, 2.45) is 0 Å². The molecular weight excluding hydrogens is 300 g/mol. The second kappa shape index (κ2) is 6.46. The van der Waals surface area contributed by atoms with Gasteiger partial charge in [-0.1, -0.05) is 18.5 Å². The van der Waals surface area contributed by atoms with Gasteiger partial charge in [-0.3, -0.25) is 9.00 Å². The van der Waals surface area contributed by atoms with Crippen LogP contribution in [0.2, 0.25) is 5.02 Å². The average molecular weight is 313 g/mol. The predicted octanol–water partition coefficient (Wildman–Crippen LogP) is 0.0752. The first-order chi connectivity index (χ1) is 8.36. The summed E-state index contributed by atoms with van der Waals surface area (Å²) in [6.07, 6.45) is 1.06. The largest absolute Gasteiger partial charge is 0.326 e. The van der Waals surface area contributed by atoms with E-state index in [1.165, 1.54) is 0 Å². The summed E-state index contributed by atoms with van der Waals surface area (Å²) in [6, 6.07) is 1.07. The number of hydrogen-bond donors (Lipinski definition) is 2. The number of rotatable bonds is 6. The summed E-state index contributed by atoms with van der Waals surface area (Å²) in [4.78, 5) is 13.1. The van der Waals surface area contributed by atoms with Crippen LogP contribution in [0.15, 0.2) is 22.0 Å². The van der Waals surface area contributed by atoms with Crippen molar-refractivity contribution in [2.45, 2.75) is 11.8 Å². The Balaban J connectivity index is 2.77. The van der Waals surface area contributed by atoms with Gasteiger partial charge in [-0.15, -0.1) is 0 Å². The topological polar surface area (TPSA) is 96.1 Å². The van der Waals surface area contributed by atoms with Gasteiger partial charge >= 0.3 is 0 Å². The molecule has 1 unspecified atom stereocenters. The van der Waals surface area contributed by atoms with E-state index in [-0.39, 0.29) is 22.2 Å². The molecule has 0 saturated heterocycles. The molecule has 1 aromatic heterocycles. The van der Waals surface area contributed by atoms with Crippen LogP contribution in [0.1, 0.15) is 6.92 Å². The third kappa shape index (κ3) is 4.20. The second-order valence-electron chi connectivity index (χ2n) is 3.34. The Morgan fingerprint density at radius 3 is 2.72 bits per heavy atom. The predicted molar refractivity (Wildman–Crippen MR) is 70.8 cm³/mol. The highest BCUT2D eigenvalue weighted by Gasteiger charge is 2.15. The molecule has 18 heavy (non-hydrogen) atoms. The lowest BCUT2D eigenvalue weighted by molar-refractivity contribution is 0.583. The molecule has 6 nitrogen and oxygen atoms in total. The third-order valence-corrected chi connectivity index (χ3v) is 5.11. The fourth-order valence-electron chi connectivity index (χ4n) is 1.11. The van der Waals surface area contributed by atoms with E-state index in [0.717, 1.165) is 12.3 Å². The molecule has 9 heteroatoms. The van der Waals surface area contributed by atoms with Crippen molar-refractivity contribution in [3.63, 3.8) is 0 Å². The zero-order valence-corrected chi connectivity index (χ0v) is 12.0. The molecule has 0 aliphatic rings. The summed E-state index contributed by atoms with van der Waals surface area (Å²) in [5, 5.41) is -0.199. The van der Waals surface area contributed by atoms with E-state index in [1.807, 2.05) is 0 Å². The fourth-order valence-corrected chi connectivity index (χ4v) is 3.12. The number of pyridine rings is 1. The standard InChI is InChI=1S/C9H13ClN2O4S2/c1-2-17(14)4-3-12-18(15,16)7-5-8(10)9(13)11-6-7/h5-6,12H,2-4H2,1H3,(H,11,13). The van der Waals surface area contributed by atoms with Crippen molar-refractivity contribution in [1.29, 1.82) is 0 Å². The van der Waals surface area contributed by atoms with Gasteiger partial charge in [0, 0.05) is 35.0 Å². The lowest BCUT2D eigenvalue weighted by atomic mass is 10.5. The summed E-state index contributed by atoms with van der Waals surface area (Å²) in [6.45, 7) is 1.83. The van der Waals surface area contributed by atoms with Crippen LogP contribution >= 0.6 is 11.6 Å². The molecule has 1 heterocycles. The Morgan fingerprint density at radius 2 is 2.17 bits per heavy atom. The fraction of sp³-hybridized carbons (Fsp3) is 0.444. The van der Waals surface area contributed by atoms with Gasteiger partial charge in [0.05, 0.1) is 4.90 Å². The quantitative estimate of drug-likeness (QED) is 0.777. The average Bonchev–Trinajstić information content (AvgIpc) is 2.32. The number of H-pyrrole nitrogens is 1. The Labute approximate surface area is 112 Å². The van der Waals surface area contributed by atoms with Crippen LogP contribution in [0.25, 0.3) is 0 Å². The molecular formula is C9H13ClN2O4S2. The van der Waals surface area contributed by atoms with Crippen molar-refractivity contribution >= 4 is 32.4 Å². The van der Waals surface area contributed by atoms with Crippen LogP contribution in [0.5, 0.6) is 0 Å². The number of nitrogens with one attached hydrogen (secondary N) is 2. The van der Waals surface area contributed by atoms with Gasteiger partial charge in [-0.25, -0.2) is 13.1 Å². The summed E-state index contributed by atoms with van der Waals surface area (Å²) in [5.74, 6) is 0.721. The summed E-state index contributed by atoms with van der Waals surface area (Å²) in [5.41, 5.74) is -0.553. The number of sulfonamides is 1. The monoisotopic (exact) mass is 312 g/mol. The SMILES string of the molecule is CCS(=O)CCNS(=O)(=O)c1c[nH]c(=O)c(Cl)c1. The molecule has 0 aliphatic carbocycles. The minimum Gasteiger partial charge on any atom is -0.326 e. The molecule has 0 aromatic carbocycles. The molecule has 0 fully saturated rings. The Bertz CT molecular complexity index is 597. The van der Waals surface area contributed by atoms with Crippen molar-refractivity contribution in [1.82, 2.24) is 9.71 Å². The van der Waals surface area contributed by atoms with Crippen LogP contribution in [-0.4, -0.2) is 35.7 Å². The minimum absolute atomic E-state index is 0.0690. The van der Waals surface area contributed by atoms with Crippen LogP contribution < -0.4 is 10.3 Å². The zero-order valence-electron chi connectivity index (χ0n) is 9.60. The number of aromatic amines is 1. The van der Waals surface area contributed by atoms with E-state index in [9.17, 15) is 17.4 Å². The van der Waals surface area contributed by atoms with Crippen molar-refractivity contribution in [3.8, 4) is 0 Å². The normalized spacial score (nSPS) is 13.4. The number of aromatic nitrogens is 1. The van der Waals surface area contributed by atoms with Gasteiger partial charge in [0.25, 0.3) is 5.56 Å². The molecule has 0 radical (unpaired) electrons. The Kier molecular flexibility index (Phi) is 5.51. The molecule has 1 aromatic rings. The van der Waals surface area contributed by atoms with Gasteiger partial charge < -0.3 is 4.98 Å². The van der Waals surface area contributed by atoms with Crippen molar-refractivity contribution in [2.75, 3.05) is 18.1 Å². The maximum atomic E-state index is 11.8. The number of hydrogen-bond acceptors (Lipinski definition) is 4. The highest BCUT2D eigenvalue weighted by Crippen LogP contribution is 2.09. The smallest absolute Gasteiger partial charge is 0.266 e. The summed E-state index contributed by atoms with van der Waals surface area (Å²) >= 11 is 5.54. The maximum absolute atomic E-state index is 11.8. The van der Waals surface area contributed by atoms with E-state index >= 15 is 0 Å². The molecule has 2 N–H and O–H groups in total. The van der Waals surface area contributed by atoms with Gasteiger partial charge in [-0.2, -0.15) is 0 Å². The van der Waals surface area contributed by atoms with Gasteiger partial charge in [0.2, 0.25) is 10.0 Å². The first-order valence-electron chi connectivity index (χ1n) is 5.09. The lowest BCUT2D eigenvalue weighted by Gasteiger charge is -2.06. The van der Waals surface area contributed by atoms with E-state index in [2.05, 4.69) is 9.71 Å². The highest BCUT2D eigenvalue weighted by molar-refractivity contribution is 7.89. The Morgan fingerprint density at radius 1 is 1.50 bits per heavy atom. The first kappa shape index (κ1) is 15.4. The minimum atomic E-state index is -3.74. The molecule has 1 atom stereocenters. The molecule has 0 aliphatic heterocycles. The van der Waals surface area contributed by atoms with E-state index in [0.29, 0.717) is 5.75 Å². The van der Waals surface area contributed by atoms with Gasteiger partial charge in [0.15, 0.2) is 0 Å². The van der Waals surface area contributed by atoms with E-state index in [1.54, 1.807) is 6.92 Å². The summed E-state index contributed by atoms with van der Waals surface area (Å²) < 4.78 is 37.0. The van der Waals surface area contributed by atoms with E-state index < -0.39 is 26.4 Å². The van der Waals surface area contributed by atoms with E-state index in [4.69, 9.17) is 11.6 Å². The molecule has 0 amide bonds. The van der Waals surface area contributed by atoms with Crippen molar-refractivity contribution < 1.29 is 12.6 Å². The van der Waals surface area contributed by atoms with Crippen molar-refractivity contribution in [3.05, 3.63) is 27.6 Å². The van der Waals surface area contributed by atoms with Crippen LogP contribution in [0.4, 0.5) is 0 Å². The second-order valence-corrected chi connectivity index (χ2v) is 7.38. The molecule has 0 spiro atoms. The molecule has 102 valence electrons. The lowest BCUT2D eigenvalue weighted by Crippen LogP contribution is -2.28. The van der Waals surface area contributed by atoms with Gasteiger partial charge in [0.1, 0.15) is 5.02 Å². The highest BCUT2D eigenvalue weighted by atomic mass is 35.5. The molecule has 1 rings (SSSR count). The van der Waals surface area contributed by atoms with Crippen LogP contribution in [0, 0.1) is 0 Å². The van der Waals surface area contributed by atoms with Gasteiger partial charge in [-0.05, 0) is 6.07 Å². The number of halogens is 1. The zero-order chi connectivity index (χ0) is 13.8. The van der Waals surface area contributed by atoms with Crippen LogP contribution in [0.3, 0.4) is 0 Å².